The lowest BCUT2D eigenvalue weighted by Gasteiger charge is -2.07. The molecule has 23 heavy (non-hydrogen) atoms. The Morgan fingerprint density at radius 1 is 1.35 bits per heavy atom. The molecular formula is C17H12ClIN2O2. The van der Waals surface area contributed by atoms with Gasteiger partial charge >= 0.3 is 0 Å². The molecule has 116 valence electrons. The lowest BCUT2D eigenvalue weighted by atomic mass is 10.1. The molecule has 1 amide bonds. The van der Waals surface area contributed by atoms with Gasteiger partial charge in [-0.1, -0.05) is 23.7 Å². The second-order valence-electron chi connectivity index (χ2n) is 4.53. The Kier molecular flexibility index (Phi) is 6.02. The van der Waals surface area contributed by atoms with Gasteiger partial charge in [-0.2, -0.15) is 5.26 Å². The molecule has 0 aromatic heterocycles. The first-order valence-electron chi connectivity index (χ1n) is 6.55. The molecule has 2 aromatic rings. The molecule has 2 rings (SSSR count). The number of para-hydroxylation sites is 1. The number of ether oxygens (including phenoxy) is 1. The van der Waals surface area contributed by atoms with Crippen molar-refractivity contribution in [1.29, 1.82) is 5.26 Å². The molecule has 0 saturated carbocycles. The standard InChI is InChI=1S/C17H12ClIN2O2/c1-23-14-8-11(7-13(19)9-14)6-12(10-20)17(22)21-16-5-3-2-4-15(16)18/h2-9H,1H3,(H,21,22)/b12-6+. The number of nitrogens with zero attached hydrogens (tertiary/aromatic N) is 1. The maximum atomic E-state index is 12.2. The topological polar surface area (TPSA) is 62.1 Å². The van der Waals surface area contributed by atoms with Gasteiger partial charge in [-0.25, -0.2) is 0 Å². The van der Waals surface area contributed by atoms with Crippen molar-refractivity contribution in [1.82, 2.24) is 0 Å². The highest BCUT2D eigenvalue weighted by Crippen LogP contribution is 2.23. The molecule has 0 bridgehead atoms. The van der Waals surface area contributed by atoms with Crippen LogP contribution in [-0.4, -0.2) is 13.0 Å². The number of carbonyl (C=O) groups excluding carboxylic acids is 1. The van der Waals surface area contributed by atoms with Gasteiger partial charge in [0, 0.05) is 3.57 Å². The highest BCUT2D eigenvalue weighted by Gasteiger charge is 2.11. The van der Waals surface area contributed by atoms with Gasteiger partial charge in [0.05, 0.1) is 17.8 Å². The van der Waals surface area contributed by atoms with Gasteiger partial charge in [-0.3, -0.25) is 4.79 Å². The second-order valence-corrected chi connectivity index (χ2v) is 6.18. The van der Waals surface area contributed by atoms with E-state index in [0.717, 1.165) is 3.57 Å². The largest absolute Gasteiger partial charge is 0.497 e. The van der Waals surface area contributed by atoms with E-state index in [9.17, 15) is 10.1 Å². The number of anilines is 1. The van der Waals surface area contributed by atoms with E-state index in [1.165, 1.54) is 6.08 Å². The van der Waals surface area contributed by atoms with E-state index in [0.29, 0.717) is 22.0 Å². The fourth-order valence-electron chi connectivity index (χ4n) is 1.85. The minimum Gasteiger partial charge on any atom is -0.497 e. The molecule has 1 N–H and O–H groups in total. The van der Waals surface area contributed by atoms with Gasteiger partial charge in [-0.15, -0.1) is 0 Å². The number of hydrogen-bond donors (Lipinski definition) is 1. The van der Waals surface area contributed by atoms with Crippen LogP contribution in [0, 0.1) is 14.9 Å². The summed E-state index contributed by atoms with van der Waals surface area (Å²) < 4.78 is 6.13. The van der Waals surface area contributed by atoms with E-state index in [1.54, 1.807) is 37.4 Å². The van der Waals surface area contributed by atoms with Crippen molar-refractivity contribution in [3.8, 4) is 11.8 Å². The van der Waals surface area contributed by atoms with E-state index in [-0.39, 0.29) is 5.57 Å². The van der Waals surface area contributed by atoms with Crippen LogP contribution < -0.4 is 10.1 Å². The maximum Gasteiger partial charge on any atom is 0.266 e. The molecule has 0 aliphatic carbocycles. The molecule has 4 nitrogen and oxygen atoms in total. The Morgan fingerprint density at radius 2 is 2.09 bits per heavy atom. The maximum absolute atomic E-state index is 12.2. The van der Waals surface area contributed by atoms with Crippen LogP contribution >= 0.6 is 34.2 Å². The highest BCUT2D eigenvalue weighted by molar-refractivity contribution is 14.1. The zero-order chi connectivity index (χ0) is 16.8. The summed E-state index contributed by atoms with van der Waals surface area (Å²) in [6, 6.07) is 14.2. The monoisotopic (exact) mass is 438 g/mol. The molecule has 2 aromatic carbocycles. The zero-order valence-corrected chi connectivity index (χ0v) is 15.1. The lowest BCUT2D eigenvalue weighted by Crippen LogP contribution is -2.13. The van der Waals surface area contributed by atoms with Crippen LogP contribution in [0.25, 0.3) is 6.08 Å². The quantitative estimate of drug-likeness (QED) is 0.434. The van der Waals surface area contributed by atoms with E-state index in [1.807, 2.05) is 18.2 Å². The first-order valence-corrected chi connectivity index (χ1v) is 8.01. The molecule has 0 heterocycles. The molecule has 0 radical (unpaired) electrons. The van der Waals surface area contributed by atoms with Crippen molar-refractivity contribution in [2.24, 2.45) is 0 Å². The van der Waals surface area contributed by atoms with Crippen LogP contribution in [0.15, 0.2) is 48.0 Å². The number of nitrogens with one attached hydrogen (secondary N) is 1. The fourth-order valence-corrected chi connectivity index (χ4v) is 2.70. The van der Waals surface area contributed by atoms with E-state index >= 15 is 0 Å². The molecule has 0 aliphatic heterocycles. The van der Waals surface area contributed by atoms with Crippen molar-refractivity contribution in [2.45, 2.75) is 0 Å². The van der Waals surface area contributed by atoms with Gasteiger partial charge in [0.2, 0.25) is 0 Å². The third-order valence-corrected chi connectivity index (χ3v) is 3.88. The Morgan fingerprint density at radius 3 is 2.74 bits per heavy atom. The van der Waals surface area contributed by atoms with Gasteiger partial charge in [-0.05, 0) is 64.6 Å². The summed E-state index contributed by atoms with van der Waals surface area (Å²) in [6.07, 6.45) is 1.51. The first kappa shape index (κ1) is 17.3. The number of halogens is 2. The van der Waals surface area contributed by atoms with Crippen LogP contribution in [0.4, 0.5) is 5.69 Å². The molecule has 0 saturated heterocycles. The predicted octanol–water partition coefficient (Wildman–Crippen LogP) is 4.50. The Bertz CT molecular complexity index is 812. The number of nitriles is 1. The number of amides is 1. The summed E-state index contributed by atoms with van der Waals surface area (Å²) in [5.41, 5.74) is 1.15. The first-order chi connectivity index (χ1) is 11.0. The van der Waals surface area contributed by atoms with Crippen molar-refractivity contribution in [3.63, 3.8) is 0 Å². The van der Waals surface area contributed by atoms with Crippen LogP contribution in [0.3, 0.4) is 0 Å². The summed E-state index contributed by atoms with van der Waals surface area (Å²) in [7, 11) is 1.56. The van der Waals surface area contributed by atoms with E-state index < -0.39 is 5.91 Å². The minimum atomic E-state index is -0.515. The molecule has 0 aliphatic rings. The van der Waals surface area contributed by atoms with Gasteiger partial charge in [0.25, 0.3) is 5.91 Å². The normalized spacial score (nSPS) is 10.8. The SMILES string of the molecule is COc1cc(I)cc(/C=C(\C#N)C(=O)Nc2ccccc2Cl)c1. The van der Waals surface area contributed by atoms with Gasteiger partial charge < -0.3 is 10.1 Å². The third-order valence-electron chi connectivity index (χ3n) is 2.93. The molecule has 0 fully saturated rings. The Labute approximate surface area is 152 Å². The minimum absolute atomic E-state index is 0.0195. The van der Waals surface area contributed by atoms with Crippen LogP contribution in [0.2, 0.25) is 5.02 Å². The molecule has 0 unspecified atom stereocenters. The summed E-state index contributed by atoms with van der Waals surface area (Å²) in [4.78, 5) is 12.2. The molecular weight excluding hydrogens is 427 g/mol. The van der Waals surface area contributed by atoms with Crippen molar-refractivity contribution in [2.75, 3.05) is 12.4 Å². The lowest BCUT2D eigenvalue weighted by molar-refractivity contribution is -0.112. The Balaban J connectivity index is 2.29. The Hall–Kier alpha value is -2.04. The van der Waals surface area contributed by atoms with Crippen LogP contribution in [0.1, 0.15) is 5.56 Å². The van der Waals surface area contributed by atoms with Crippen molar-refractivity contribution < 1.29 is 9.53 Å². The smallest absolute Gasteiger partial charge is 0.266 e. The fraction of sp³-hybridized carbons (Fsp3) is 0.0588. The average molecular weight is 439 g/mol. The van der Waals surface area contributed by atoms with Gasteiger partial charge in [0.15, 0.2) is 0 Å². The van der Waals surface area contributed by atoms with Gasteiger partial charge in [0.1, 0.15) is 17.4 Å². The number of carbonyl (C=O) groups is 1. The third kappa shape index (κ3) is 4.71. The molecule has 0 atom stereocenters. The van der Waals surface area contributed by atoms with Crippen molar-refractivity contribution in [3.05, 3.63) is 62.2 Å². The zero-order valence-electron chi connectivity index (χ0n) is 12.1. The number of methoxy groups -OCH3 is 1. The molecule has 6 heteroatoms. The second kappa shape index (κ2) is 7.99. The van der Waals surface area contributed by atoms with E-state index in [4.69, 9.17) is 16.3 Å². The van der Waals surface area contributed by atoms with Crippen LogP contribution in [0.5, 0.6) is 5.75 Å². The molecule has 0 spiro atoms. The summed E-state index contributed by atoms with van der Waals surface area (Å²) in [5.74, 6) is 0.144. The highest BCUT2D eigenvalue weighted by atomic mass is 127. The average Bonchev–Trinajstić information content (AvgIpc) is 2.54. The van der Waals surface area contributed by atoms with Crippen molar-refractivity contribution >= 4 is 51.9 Å². The summed E-state index contributed by atoms with van der Waals surface area (Å²) >= 11 is 8.15. The predicted molar refractivity (Wildman–Crippen MR) is 99.4 cm³/mol. The summed E-state index contributed by atoms with van der Waals surface area (Å²) in [6.45, 7) is 0. The van der Waals surface area contributed by atoms with E-state index in [2.05, 4.69) is 27.9 Å². The number of rotatable bonds is 4. The number of hydrogen-bond acceptors (Lipinski definition) is 3. The number of benzene rings is 2. The summed E-state index contributed by atoms with van der Waals surface area (Å²) in [5, 5.41) is 12.3. The van der Waals surface area contributed by atoms with Crippen LogP contribution in [-0.2, 0) is 4.79 Å².